The number of carbonyl (C=O) groups is 1. The lowest BCUT2D eigenvalue weighted by atomic mass is 10.1. The number of morpholine rings is 1. The van der Waals surface area contributed by atoms with Crippen LogP contribution in [0, 0.1) is 12.7 Å². The van der Waals surface area contributed by atoms with Crippen LogP contribution in [0.3, 0.4) is 0 Å². The maximum atomic E-state index is 13.3. The Morgan fingerprint density at radius 3 is 2.81 bits per heavy atom. The van der Waals surface area contributed by atoms with E-state index < -0.39 is 5.60 Å². The molecule has 1 saturated heterocycles. The summed E-state index contributed by atoms with van der Waals surface area (Å²) >= 11 is 0. The van der Waals surface area contributed by atoms with Crippen molar-refractivity contribution in [1.29, 1.82) is 0 Å². The molecule has 5 nitrogen and oxygen atoms in total. The fourth-order valence-electron chi connectivity index (χ4n) is 2.06. The molecule has 6 heteroatoms. The van der Waals surface area contributed by atoms with Crippen molar-refractivity contribution in [3.8, 4) is 0 Å². The molecular weight excluding hydrogens is 275 g/mol. The number of ether oxygens (including phenoxy) is 2. The number of rotatable bonds is 1. The molecule has 1 aromatic rings. The Morgan fingerprint density at radius 1 is 1.48 bits per heavy atom. The SMILES string of the molecule is Cc1nc([C@@H]2CN(C(=O)OC(C)(C)C)CCO2)ccc1F. The van der Waals surface area contributed by atoms with Gasteiger partial charge in [0.15, 0.2) is 0 Å². The third-order valence-electron chi connectivity index (χ3n) is 3.09. The quantitative estimate of drug-likeness (QED) is 0.799. The Labute approximate surface area is 124 Å². The predicted octanol–water partition coefficient (Wildman–Crippen LogP) is 2.84. The zero-order valence-electron chi connectivity index (χ0n) is 12.9. The van der Waals surface area contributed by atoms with Crippen LogP contribution in [0.2, 0.25) is 0 Å². The van der Waals surface area contributed by atoms with Crippen LogP contribution < -0.4 is 0 Å². The van der Waals surface area contributed by atoms with E-state index in [9.17, 15) is 9.18 Å². The summed E-state index contributed by atoms with van der Waals surface area (Å²) in [4.78, 5) is 17.9. The number of aromatic nitrogens is 1. The molecule has 0 bridgehead atoms. The Balaban J connectivity index is 2.06. The number of pyridine rings is 1. The highest BCUT2D eigenvalue weighted by Gasteiger charge is 2.29. The second-order valence-electron chi connectivity index (χ2n) is 6.09. The average Bonchev–Trinajstić information content (AvgIpc) is 2.40. The first-order valence-electron chi connectivity index (χ1n) is 6.99. The van der Waals surface area contributed by atoms with E-state index in [0.29, 0.717) is 31.1 Å². The zero-order chi connectivity index (χ0) is 15.6. The second-order valence-corrected chi connectivity index (χ2v) is 6.09. The number of carbonyl (C=O) groups excluding carboxylic acids is 1. The van der Waals surface area contributed by atoms with Crippen molar-refractivity contribution in [2.45, 2.75) is 39.4 Å². The van der Waals surface area contributed by atoms with Crippen molar-refractivity contribution in [2.24, 2.45) is 0 Å². The van der Waals surface area contributed by atoms with Crippen LogP contribution in [0.15, 0.2) is 12.1 Å². The number of halogens is 1. The van der Waals surface area contributed by atoms with Crippen LogP contribution in [0.1, 0.15) is 38.3 Å². The molecule has 1 amide bonds. The van der Waals surface area contributed by atoms with Gasteiger partial charge in [-0.15, -0.1) is 0 Å². The molecule has 0 saturated carbocycles. The van der Waals surface area contributed by atoms with Crippen molar-refractivity contribution >= 4 is 6.09 Å². The molecule has 116 valence electrons. The van der Waals surface area contributed by atoms with Gasteiger partial charge in [-0.25, -0.2) is 9.18 Å². The smallest absolute Gasteiger partial charge is 0.410 e. The average molecular weight is 296 g/mol. The van der Waals surface area contributed by atoms with Gasteiger partial charge in [0.05, 0.1) is 24.5 Å². The van der Waals surface area contributed by atoms with Gasteiger partial charge < -0.3 is 14.4 Å². The lowest BCUT2D eigenvalue weighted by Gasteiger charge is -2.34. The van der Waals surface area contributed by atoms with Gasteiger partial charge in [0.2, 0.25) is 0 Å². The van der Waals surface area contributed by atoms with Gasteiger partial charge in [0.1, 0.15) is 17.5 Å². The van der Waals surface area contributed by atoms with Gasteiger partial charge in [-0.1, -0.05) is 0 Å². The molecule has 0 spiro atoms. The predicted molar refractivity (Wildman–Crippen MR) is 75.4 cm³/mol. The van der Waals surface area contributed by atoms with E-state index in [2.05, 4.69) is 4.98 Å². The van der Waals surface area contributed by atoms with E-state index in [4.69, 9.17) is 9.47 Å². The first-order valence-corrected chi connectivity index (χ1v) is 6.99. The largest absolute Gasteiger partial charge is 0.444 e. The molecule has 21 heavy (non-hydrogen) atoms. The minimum atomic E-state index is -0.532. The van der Waals surface area contributed by atoms with E-state index in [-0.39, 0.29) is 18.0 Å². The van der Waals surface area contributed by atoms with Crippen LogP contribution in [0.4, 0.5) is 9.18 Å². The zero-order valence-corrected chi connectivity index (χ0v) is 12.9. The summed E-state index contributed by atoms with van der Waals surface area (Å²) in [6.45, 7) is 8.32. The highest BCUT2D eigenvalue weighted by Crippen LogP contribution is 2.23. The van der Waals surface area contributed by atoms with Crippen molar-refractivity contribution < 1.29 is 18.7 Å². The molecule has 2 heterocycles. The molecule has 1 aromatic heterocycles. The van der Waals surface area contributed by atoms with E-state index in [0.717, 1.165) is 0 Å². The molecule has 0 radical (unpaired) electrons. The molecule has 1 aliphatic rings. The Hall–Kier alpha value is -1.69. The topological polar surface area (TPSA) is 51.7 Å². The minimum Gasteiger partial charge on any atom is -0.444 e. The lowest BCUT2D eigenvalue weighted by molar-refractivity contribution is -0.0447. The summed E-state index contributed by atoms with van der Waals surface area (Å²) in [5.41, 5.74) is 0.419. The summed E-state index contributed by atoms with van der Waals surface area (Å²) in [6, 6.07) is 2.96. The van der Waals surface area contributed by atoms with Crippen LogP contribution in [-0.2, 0) is 9.47 Å². The van der Waals surface area contributed by atoms with Crippen LogP contribution >= 0.6 is 0 Å². The fourth-order valence-corrected chi connectivity index (χ4v) is 2.06. The maximum Gasteiger partial charge on any atom is 0.410 e. The molecule has 0 unspecified atom stereocenters. The highest BCUT2D eigenvalue weighted by atomic mass is 19.1. The first kappa shape index (κ1) is 15.7. The van der Waals surface area contributed by atoms with Gasteiger partial charge in [-0.05, 0) is 39.8 Å². The third kappa shape index (κ3) is 4.14. The second kappa shape index (κ2) is 5.97. The number of nitrogens with zero attached hydrogens (tertiary/aromatic N) is 2. The van der Waals surface area contributed by atoms with Crippen LogP contribution in [0.5, 0.6) is 0 Å². The van der Waals surface area contributed by atoms with Gasteiger partial charge >= 0.3 is 6.09 Å². The van der Waals surface area contributed by atoms with Gasteiger partial charge in [-0.3, -0.25) is 4.98 Å². The molecule has 2 rings (SSSR count). The molecular formula is C15H21FN2O3. The highest BCUT2D eigenvalue weighted by molar-refractivity contribution is 5.68. The Bertz CT molecular complexity index is 528. The molecule has 1 fully saturated rings. The van der Waals surface area contributed by atoms with E-state index in [1.54, 1.807) is 17.9 Å². The number of hydrogen-bond acceptors (Lipinski definition) is 4. The molecule has 0 N–H and O–H groups in total. The number of hydrogen-bond donors (Lipinski definition) is 0. The lowest BCUT2D eigenvalue weighted by Crippen LogP contribution is -2.44. The van der Waals surface area contributed by atoms with Gasteiger partial charge in [-0.2, -0.15) is 0 Å². The van der Waals surface area contributed by atoms with Crippen LogP contribution in [-0.4, -0.2) is 41.3 Å². The summed E-state index contributed by atoms with van der Waals surface area (Å²) in [6.07, 6.45) is -0.722. The van der Waals surface area contributed by atoms with E-state index in [1.807, 2.05) is 20.8 Å². The van der Waals surface area contributed by atoms with Crippen LogP contribution in [0.25, 0.3) is 0 Å². The Kier molecular flexibility index (Phi) is 4.46. The van der Waals surface area contributed by atoms with Crippen molar-refractivity contribution in [1.82, 2.24) is 9.88 Å². The van der Waals surface area contributed by atoms with Crippen molar-refractivity contribution in [3.05, 3.63) is 29.3 Å². The minimum absolute atomic E-state index is 0.325. The van der Waals surface area contributed by atoms with Gasteiger partial charge in [0.25, 0.3) is 0 Å². The van der Waals surface area contributed by atoms with Crippen molar-refractivity contribution in [2.75, 3.05) is 19.7 Å². The maximum absolute atomic E-state index is 13.3. The Morgan fingerprint density at radius 2 is 2.19 bits per heavy atom. The molecule has 1 aliphatic heterocycles. The standard InChI is InChI=1S/C15H21FN2O3/c1-10-11(16)5-6-12(17-10)13-9-18(7-8-20-13)14(19)21-15(2,3)4/h5-6,13H,7-9H2,1-4H3/t13-/m0/s1. The monoisotopic (exact) mass is 296 g/mol. The third-order valence-corrected chi connectivity index (χ3v) is 3.09. The number of amides is 1. The van der Waals surface area contributed by atoms with Crippen molar-refractivity contribution in [3.63, 3.8) is 0 Å². The summed E-state index contributed by atoms with van der Waals surface area (Å²) in [5, 5.41) is 0. The normalized spacial score (nSPS) is 19.5. The molecule has 0 aliphatic carbocycles. The summed E-state index contributed by atoms with van der Waals surface area (Å²) < 4.78 is 24.3. The van der Waals surface area contributed by atoms with E-state index >= 15 is 0 Å². The molecule has 0 aromatic carbocycles. The first-order chi connectivity index (χ1) is 9.76. The number of aryl methyl sites for hydroxylation is 1. The molecule has 1 atom stereocenters. The summed E-state index contributed by atoms with van der Waals surface area (Å²) in [7, 11) is 0. The fraction of sp³-hybridized carbons (Fsp3) is 0.600. The van der Waals surface area contributed by atoms with E-state index in [1.165, 1.54) is 6.07 Å². The van der Waals surface area contributed by atoms with Gasteiger partial charge in [0, 0.05) is 6.54 Å². The summed E-state index contributed by atoms with van der Waals surface area (Å²) in [5.74, 6) is -0.349.